The van der Waals surface area contributed by atoms with Crippen LogP contribution in [-0.4, -0.2) is 7.05 Å². The van der Waals surface area contributed by atoms with Gasteiger partial charge in [0.25, 0.3) is 0 Å². The minimum absolute atomic E-state index is 0.441. The van der Waals surface area contributed by atoms with Gasteiger partial charge in [0.05, 0.1) is 7.05 Å². The molecule has 0 saturated carbocycles. The molecule has 0 aliphatic carbocycles. The standard InChI is InChI=1S/C29H23N3O/c1-31(25-15-12-24(30-33)13-16-25)26-17-19-28(20-18-26)32(27-9-3-2-4-10-27)29-14-11-22-7-5-6-8-23(22)21-29/h2-21H,1H3/p+1. The van der Waals surface area contributed by atoms with E-state index in [4.69, 9.17) is 0 Å². The van der Waals surface area contributed by atoms with Crippen molar-refractivity contribution in [3.8, 4) is 0 Å². The lowest BCUT2D eigenvalue weighted by molar-refractivity contribution is -0.735. The Morgan fingerprint density at radius 3 is 1.79 bits per heavy atom. The van der Waals surface area contributed by atoms with Crippen LogP contribution < -0.4 is 9.80 Å². The predicted molar refractivity (Wildman–Crippen MR) is 137 cm³/mol. The van der Waals surface area contributed by atoms with Crippen LogP contribution in [0.4, 0.5) is 34.1 Å². The van der Waals surface area contributed by atoms with E-state index in [1.54, 1.807) is 12.1 Å². The number of hydrogen-bond donors (Lipinski definition) is 1. The molecule has 4 nitrogen and oxygen atoms in total. The van der Waals surface area contributed by atoms with E-state index in [9.17, 15) is 4.91 Å². The Morgan fingerprint density at radius 2 is 1.12 bits per heavy atom. The van der Waals surface area contributed by atoms with Crippen LogP contribution in [0.2, 0.25) is 0 Å². The molecule has 0 radical (unpaired) electrons. The number of quaternary nitrogens is 1. The monoisotopic (exact) mass is 430 g/mol. The Labute approximate surface area is 193 Å². The Bertz CT molecular complexity index is 1380. The van der Waals surface area contributed by atoms with Gasteiger partial charge in [0, 0.05) is 41.3 Å². The lowest BCUT2D eigenvalue weighted by atomic mass is 10.1. The lowest BCUT2D eigenvalue weighted by Crippen LogP contribution is -2.98. The number of para-hydroxylation sites is 1. The molecular weight excluding hydrogens is 406 g/mol. The summed E-state index contributed by atoms with van der Waals surface area (Å²) in [6, 6.07) is 41.4. The highest BCUT2D eigenvalue weighted by Gasteiger charge is 2.15. The van der Waals surface area contributed by atoms with Crippen LogP contribution in [0.15, 0.2) is 127 Å². The van der Waals surface area contributed by atoms with E-state index < -0.39 is 0 Å². The van der Waals surface area contributed by atoms with Crippen LogP contribution >= 0.6 is 0 Å². The lowest BCUT2D eigenvalue weighted by Gasteiger charge is -2.26. The molecule has 0 aromatic heterocycles. The summed E-state index contributed by atoms with van der Waals surface area (Å²) in [6.45, 7) is 0. The van der Waals surface area contributed by atoms with Crippen molar-refractivity contribution in [1.82, 2.24) is 0 Å². The Kier molecular flexibility index (Phi) is 5.66. The number of nitrogens with one attached hydrogen (secondary N) is 1. The van der Waals surface area contributed by atoms with Crippen LogP contribution in [0.3, 0.4) is 0 Å². The van der Waals surface area contributed by atoms with E-state index in [0.29, 0.717) is 5.69 Å². The zero-order valence-electron chi connectivity index (χ0n) is 18.3. The van der Waals surface area contributed by atoms with E-state index in [0.717, 1.165) is 33.3 Å². The Hall–Kier alpha value is -4.28. The minimum atomic E-state index is 0.441. The van der Waals surface area contributed by atoms with Crippen LogP contribution in [0.25, 0.3) is 10.8 Å². The van der Waals surface area contributed by atoms with Crippen molar-refractivity contribution < 1.29 is 4.90 Å². The van der Waals surface area contributed by atoms with Crippen LogP contribution in [0.1, 0.15) is 0 Å². The van der Waals surface area contributed by atoms with Gasteiger partial charge in [-0.1, -0.05) is 48.5 Å². The topological polar surface area (TPSA) is 37.1 Å². The molecule has 0 fully saturated rings. The maximum absolute atomic E-state index is 10.7. The molecule has 5 aromatic carbocycles. The first-order chi connectivity index (χ1) is 16.2. The Morgan fingerprint density at radius 1 is 0.576 bits per heavy atom. The van der Waals surface area contributed by atoms with Crippen molar-refractivity contribution in [3.63, 3.8) is 0 Å². The number of rotatable bonds is 6. The Balaban J connectivity index is 1.52. The summed E-state index contributed by atoms with van der Waals surface area (Å²) in [5.74, 6) is 0. The van der Waals surface area contributed by atoms with E-state index in [1.165, 1.54) is 10.8 Å². The molecule has 1 N–H and O–H groups in total. The third-order valence-electron chi connectivity index (χ3n) is 5.97. The zero-order chi connectivity index (χ0) is 22.6. The van der Waals surface area contributed by atoms with Gasteiger partial charge in [-0.25, -0.2) is 0 Å². The van der Waals surface area contributed by atoms with Gasteiger partial charge >= 0.3 is 0 Å². The van der Waals surface area contributed by atoms with Gasteiger partial charge in [-0.05, 0) is 64.5 Å². The molecule has 4 heteroatoms. The van der Waals surface area contributed by atoms with Crippen molar-refractivity contribution >= 4 is 44.9 Å². The second kappa shape index (κ2) is 9.07. The fourth-order valence-electron chi connectivity index (χ4n) is 4.14. The molecule has 0 aliphatic rings. The normalized spacial score (nSPS) is 11.8. The SMILES string of the molecule is C[NH+](c1ccc(N=O)cc1)c1ccc(N(c2ccccc2)c2ccc3ccccc3c2)cc1. The van der Waals surface area contributed by atoms with Gasteiger partial charge in [-0.2, -0.15) is 0 Å². The first-order valence-electron chi connectivity index (χ1n) is 10.9. The molecule has 0 heterocycles. The van der Waals surface area contributed by atoms with Gasteiger partial charge in [-0.15, -0.1) is 4.91 Å². The van der Waals surface area contributed by atoms with Crippen LogP contribution in [0, 0.1) is 4.91 Å². The molecule has 1 unspecified atom stereocenters. The third-order valence-corrected chi connectivity index (χ3v) is 5.97. The average molecular weight is 431 g/mol. The summed E-state index contributed by atoms with van der Waals surface area (Å²) in [5, 5.41) is 5.43. The summed E-state index contributed by atoms with van der Waals surface area (Å²) in [4.78, 5) is 14.1. The van der Waals surface area contributed by atoms with Gasteiger partial charge in [0.15, 0.2) is 0 Å². The molecule has 5 rings (SSSR count). The molecule has 0 saturated heterocycles. The summed E-state index contributed by atoms with van der Waals surface area (Å²) in [5.41, 5.74) is 5.97. The second-order valence-corrected chi connectivity index (χ2v) is 8.01. The van der Waals surface area contributed by atoms with Crippen molar-refractivity contribution in [1.29, 1.82) is 0 Å². The molecule has 0 bridgehead atoms. The first-order valence-corrected chi connectivity index (χ1v) is 10.9. The van der Waals surface area contributed by atoms with Gasteiger partial charge < -0.3 is 4.90 Å². The largest absolute Gasteiger partial charge is 0.310 e. The van der Waals surface area contributed by atoms with Crippen LogP contribution in [0.5, 0.6) is 0 Å². The molecular formula is C29H24N3O+. The first kappa shape index (κ1) is 20.6. The maximum atomic E-state index is 10.7. The highest BCUT2D eigenvalue weighted by atomic mass is 16.3. The van der Waals surface area contributed by atoms with Crippen molar-refractivity contribution in [2.45, 2.75) is 0 Å². The minimum Gasteiger partial charge on any atom is -0.310 e. The molecule has 33 heavy (non-hydrogen) atoms. The third kappa shape index (κ3) is 4.25. The number of nitrogens with zero attached hydrogens (tertiary/aromatic N) is 2. The summed E-state index contributed by atoms with van der Waals surface area (Å²) in [7, 11) is 2.09. The summed E-state index contributed by atoms with van der Waals surface area (Å²) >= 11 is 0. The number of hydrogen-bond acceptors (Lipinski definition) is 3. The van der Waals surface area contributed by atoms with E-state index >= 15 is 0 Å². The molecule has 0 spiro atoms. The highest BCUT2D eigenvalue weighted by Crippen LogP contribution is 2.36. The molecule has 1 atom stereocenters. The number of benzene rings is 5. The fourth-order valence-corrected chi connectivity index (χ4v) is 4.14. The number of fused-ring (bicyclic) bond motifs is 1. The average Bonchev–Trinajstić information content (AvgIpc) is 2.89. The van der Waals surface area contributed by atoms with Crippen molar-refractivity contribution in [2.75, 3.05) is 11.9 Å². The second-order valence-electron chi connectivity index (χ2n) is 8.01. The van der Waals surface area contributed by atoms with Gasteiger partial charge in [-0.3, -0.25) is 4.90 Å². The number of nitroso groups, excluding NO2 is 1. The van der Waals surface area contributed by atoms with Gasteiger partial charge in [0.2, 0.25) is 0 Å². The molecule has 160 valence electrons. The van der Waals surface area contributed by atoms with Gasteiger partial charge in [0.1, 0.15) is 17.1 Å². The maximum Gasteiger partial charge on any atom is 0.136 e. The van der Waals surface area contributed by atoms with E-state index in [1.807, 2.05) is 18.2 Å². The summed E-state index contributed by atoms with van der Waals surface area (Å²) < 4.78 is 0. The predicted octanol–water partition coefficient (Wildman–Crippen LogP) is 7.19. The molecule has 0 aliphatic heterocycles. The quantitative estimate of drug-likeness (QED) is 0.290. The molecule has 5 aromatic rings. The van der Waals surface area contributed by atoms with Crippen molar-refractivity contribution in [3.05, 3.63) is 126 Å². The van der Waals surface area contributed by atoms with E-state index in [2.05, 4.69) is 108 Å². The van der Waals surface area contributed by atoms with Crippen molar-refractivity contribution in [2.24, 2.45) is 5.18 Å². The summed E-state index contributed by atoms with van der Waals surface area (Å²) in [6.07, 6.45) is 0. The zero-order valence-corrected chi connectivity index (χ0v) is 18.3. The smallest absolute Gasteiger partial charge is 0.136 e. The van der Waals surface area contributed by atoms with E-state index in [-0.39, 0.29) is 0 Å². The molecule has 0 amide bonds. The number of anilines is 3. The fraction of sp³-hybridized carbons (Fsp3) is 0.0345. The highest BCUT2D eigenvalue weighted by molar-refractivity contribution is 5.89. The van der Waals surface area contributed by atoms with Crippen LogP contribution in [-0.2, 0) is 0 Å².